The summed E-state index contributed by atoms with van der Waals surface area (Å²) in [6.07, 6.45) is 16.5. The third-order valence-corrected chi connectivity index (χ3v) is 15.7. The van der Waals surface area contributed by atoms with Crippen LogP contribution in [0.25, 0.3) is 0 Å². The second kappa shape index (κ2) is 60.1. The molecule has 13 aromatic rings. The fourth-order valence-corrected chi connectivity index (χ4v) is 8.43. The van der Waals surface area contributed by atoms with Crippen molar-refractivity contribution in [3.8, 4) is 11.8 Å². The average Bonchev–Trinajstić information content (AvgIpc) is 1.72. The topological polar surface area (TPSA) is 120 Å². The molecule has 0 radical (unpaired) electrons. The third-order valence-electron chi connectivity index (χ3n) is 13.6. The minimum atomic E-state index is -0.530. The van der Waals surface area contributed by atoms with Gasteiger partial charge in [-0.05, 0) is 233 Å². The number of aromatic nitrogens is 6. The van der Waals surface area contributed by atoms with E-state index in [1.54, 1.807) is 129 Å². The third kappa shape index (κ3) is 54.2. The van der Waals surface area contributed by atoms with Crippen molar-refractivity contribution in [2.75, 3.05) is 20.3 Å². The van der Waals surface area contributed by atoms with Crippen molar-refractivity contribution in [3.05, 3.63) is 395 Å². The smallest absolute Gasteiger partial charge is 0.142 e. The zero-order valence-corrected chi connectivity index (χ0v) is 67.0. The first-order chi connectivity index (χ1) is 51.2. The van der Waals surface area contributed by atoms with Crippen molar-refractivity contribution >= 4 is 45.9 Å². The fourth-order valence-electron chi connectivity index (χ4n) is 7.25. The Labute approximate surface area is 651 Å². The van der Waals surface area contributed by atoms with E-state index in [4.69, 9.17) is 37.9 Å². The predicted octanol–water partition coefficient (Wildman–Crippen LogP) is 25.7. The first kappa shape index (κ1) is 94.9. The molecule has 18 heteroatoms. The van der Waals surface area contributed by atoms with E-state index < -0.39 is 11.6 Å². The highest BCUT2D eigenvalue weighted by molar-refractivity contribution is 7.10. The molecule has 5 aromatic heterocycles. The number of aryl methyl sites for hydroxylation is 13. The molecule has 9 nitrogen and oxygen atoms in total. The van der Waals surface area contributed by atoms with Crippen LogP contribution in [0, 0.1) is 136 Å². The average molecular weight is 1530 g/mol. The first-order valence-corrected chi connectivity index (χ1v) is 36.5. The van der Waals surface area contributed by atoms with E-state index in [0.29, 0.717) is 11.1 Å². The van der Waals surface area contributed by atoms with Gasteiger partial charge in [0.25, 0.3) is 0 Å². The van der Waals surface area contributed by atoms with Gasteiger partial charge in [-0.3, -0.25) is 19.9 Å². The van der Waals surface area contributed by atoms with E-state index >= 15 is 0 Å². The normalized spacial score (nSPS) is 10.1. The summed E-state index contributed by atoms with van der Waals surface area (Å²) in [5.41, 5.74) is 12.9. The number of nitriles is 1. The Hall–Kier alpha value is -10.1. The van der Waals surface area contributed by atoms with E-state index in [-0.39, 0.29) is 22.5 Å². The molecule has 0 saturated carbocycles. The number of hydrogen-bond donors (Lipinski definition) is 0. The first-order valence-electron chi connectivity index (χ1n) is 34.0. The minimum Gasteiger partial charge on any atom is -0.497 e. The summed E-state index contributed by atoms with van der Waals surface area (Å²) in [4.78, 5) is 25.8. The van der Waals surface area contributed by atoms with Crippen molar-refractivity contribution < 1.29 is 31.4 Å². The number of methoxy groups -OCH3 is 1. The van der Waals surface area contributed by atoms with Crippen LogP contribution < -0.4 is 4.74 Å². The molecule has 8 aromatic carbocycles. The van der Waals surface area contributed by atoms with Crippen LogP contribution in [0.4, 0.5) is 22.0 Å². The lowest BCUT2D eigenvalue weighted by Gasteiger charge is -2.16. The van der Waals surface area contributed by atoms with Crippen LogP contribution in [-0.2, 0) is 4.74 Å². The molecule has 14 rings (SSSR count). The number of ether oxygens (including phenoxy) is 2. The van der Waals surface area contributed by atoms with Gasteiger partial charge < -0.3 is 9.47 Å². The van der Waals surface area contributed by atoms with Crippen molar-refractivity contribution in [2.24, 2.45) is 5.92 Å². The molecule has 0 amide bonds. The molecular weight excluding hydrogens is 1430 g/mol. The van der Waals surface area contributed by atoms with E-state index in [9.17, 15) is 22.0 Å². The Bertz CT molecular complexity index is 3960. The molecule has 0 spiro atoms. The number of benzene rings is 8. The molecule has 1 saturated heterocycles. The number of nitrogens with zero attached hydrogens (tertiary/aromatic N) is 7. The zero-order chi connectivity index (χ0) is 79.4. The molecule has 0 bridgehead atoms. The van der Waals surface area contributed by atoms with E-state index in [1.165, 1.54) is 86.8 Å². The summed E-state index contributed by atoms with van der Waals surface area (Å²) < 4.78 is 71.4. The molecule has 0 N–H and O–H groups in total. The Morgan fingerprint density at radius 2 is 0.944 bits per heavy atom. The summed E-state index contributed by atoms with van der Waals surface area (Å²) >= 11 is 14.5. The maximum absolute atomic E-state index is 12.4. The van der Waals surface area contributed by atoms with E-state index in [0.717, 1.165) is 64.2 Å². The van der Waals surface area contributed by atoms with Gasteiger partial charge in [0.2, 0.25) is 0 Å². The van der Waals surface area contributed by atoms with Crippen molar-refractivity contribution in [1.29, 1.82) is 5.26 Å². The van der Waals surface area contributed by atoms with Gasteiger partial charge in [0.05, 0.1) is 35.0 Å². The Morgan fingerprint density at radius 1 is 0.430 bits per heavy atom. The SMILES string of the molecule is CC1CCOCC1.COc1ccc(C)cc1.Cc1ccc(C#N)cc1.Cc1ccc(Cl)c(F)c1.Cc1ccc(Cl)cc1.Cc1ccc(F)cc1.Cc1ccc(F)cc1F.Cc1ccccc1.Cc1ccccc1F.Cc1cccs1.Cc1ccncc1.Cc1cnccn1.Cc1cncs1.Cc1ncccn1. The lowest BCUT2D eigenvalue weighted by Crippen LogP contribution is -2.12. The predicted molar refractivity (Wildman–Crippen MR) is 438 cm³/mol. The number of halogens is 7. The molecule has 0 unspecified atom stereocenters. The highest BCUT2D eigenvalue weighted by Crippen LogP contribution is 2.16. The second-order valence-electron chi connectivity index (χ2n) is 23.6. The number of thiazole rings is 1. The summed E-state index contributed by atoms with van der Waals surface area (Å²) in [6.45, 7) is 29.5. The van der Waals surface area contributed by atoms with Gasteiger partial charge in [-0.2, -0.15) is 5.26 Å². The second-order valence-corrected chi connectivity index (χ2v) is 26.7. The monoisotopic (exact) mass is 1530 g/mol. The molecular formula is C89H100Cl2F5N7O2S2. The molecule has 0 atom stereocenters. The standard InChI is InChI=1S/C8H7N.C8H10O.C7H6ClF.C7H7Cl.C7H6F2.2C7H7F.C7H8.C6H7N.C6H12O.2C5H6N2.C5H6S.C4H5NS/c1-7-2-4-8(6-9)5-3-7;1-7-3-5-8(9-2)6-4-7;1-5-2-3-6(8)7(9)4-5;1-6-2-4-7(8)5-3-6;1-5-2-3-6(8)4-7(5)9;1-6-2-4-7(8)5-3-6;1-6-4-2-3-5-7(6)8;1-7-5-3-2-4-6-7;2*1-6-2-4-7-5-3-6;1-5-4-6-2-3-7-5;1-5-6-3-2-4-7-5;1-5-3-2-4-6-5;1-4-2-5-3-6-4/h2-5H,1H3;3-6H,1-2H3;2-4H,1H3;2-5H,1H3;2-4H,1H3;2*2-5H,1H3;2-6H,1H3;2-5H,1H3;6H,2-5H2,1H3;2*2-4H,1H3;2-4H,1H3;2-3H,1H3. The quantitative estimate of drug-likeness (QED) is 0.148. The van der Waals surface area contributed by atoms with Crippen molar-refractivity contribution in [1.82, 2.24) is 29.9 Å². The van der Waals surface area contributed by atoms with Gasteiger partial charge in [-0.15, -0.1) is 22.7 Å². The minimum absolute atomic E-state index is 0.132. The molecule has 107 heavy (non-hydrogen) atoms. The summed E-state index contributed by atoms with van der Waals surface area (Å²) in [7, 11) is 1.67. The summed E-state index contributed by atoms with van der Waals surface area (Å²) in [5, 5.41) is 11.4. The Balaban J connectivity index is 0.000000577. The maximum atomic E-state index is 12.4. The van der Waals surface area contributed by atoms with Crippen LogP contribution in [-0.4, -0.2) is 50.2 Å². The van der Waals surface area contributed by atoms with E-state index in [1.807, 2.05) is 176 Å². The lowest BCUT2D eigenvalue weighted by molar-refractivity contribution is 0.0716. The van der Waals surface area contributed by atoms with Crippen LogP contribution in [0.15, 0.2) is 279 Å². The highest BCUT2D eigenvalue weighted by atomic mass is 35.5. The van der Waals surface area contributed by atoms with Gasteiger partial charge in [0.1, 0.15) is 40.7 Å². The summed E-state index contributed by atoms with van der Waals surface area (Å²) in [5.74, 6) is 0.977. The van der Waals surface area contributed by atoms with Crippen LogP contribution in [0.5, 0.6) is 5.75 Å². The Kier molecular flexibility index (Phi) is 53.3. The molecule has 1 aliphatic heterocycles. The van der Waals surface area contributed by atoms with Gasteiger partial charge in [-0.25, -0.2) is 31.9 Å². The van der Waals surface area contributed by atoms with Crippen molar-refractivity contribution in [3.63, 3.8) is 0 Å². The maximum Gasteiger partial charge on any atom is 0.142 e. The van der Waals surface area contributed by atoms with Gasteiger partial charge in [-0.1, -0.05) is 173 Å². The van der Waals surface area contributed by atoms with Crippen LogP contribution >= 0.6 is 45.9 Å². The highest BCUT2D eigenvalue weighted by Gasteiger charge is 2.06. The van der Waals surface area contributed by atoms with Gasteiger partial charge in [0, 0.05) is 83.6 Å². The summed E-state index contributed by atoms with van der Waals surface area (Å²) in [6, 6.07) is 66.7. The van der Waals surface area contributed by atoms with Crippen LogP contribution in [0.3, 0.4) is 0 Å². The fraction of sp³-hybridized carbons (Fsp3) is 0.225. The largest absolute Gasteiger partial charge is 0.497 e. The molecule has 1 fully saturated rings. The van der Waals surface area contributed by atoms with Crippen LogP contribution in [0.1, 0.15) is 96.7 Å². The van der Waals surface area contributed by atoms with Gasteiger partial charge in [0.15, 0.2) is 0 Å². The lowest BCUT2D eigenvalue weighted by atomic mass is 10.0. The molecule has 6 heterocycles. The Morgan fingerprint density at radius 3 is 1.26 bits per heavy atom. The molecule has 564 valence electrons. The number of rotatable bonds is 1. The van der Waals surface area contributed by atoms with Crippen molar-refractivity contribution in [2.45, 2.75) is 110 Å². The van der Waals surface area contributed by atoms with Gasteiger partial charge >= 0.3 is 0 Å². The molecule has 1 aliphatic rings. The number of hydrogen-bond acceptors (Lipinski definition) is 11. The molecule has 0 aliphatic carbocycles. The number of pyridine rings is 1. The van der Waals surface area contributed by atoms with Crippen LogP contribution in [0.2, 0.25) is 10.0 Å². The zero-order valence-electron chi connectivity index (χ0n) is 63.9. The van der Waals surface area contributed by atoms with E-state index in [2.05, 4.69) is 93.3 Å². The number of thiophene rings is 1.